The van der Waals surface area contributed by atoms with Gasteiger partial charge in [0.2, 0.25) is 0 Å². The van der Waals surface area contributed by atoms with E-state index in [1.54, 1.807) is 22.8 Å². The number of hydrogen-bond acceptors (Lipinski definition) is 5. The van der Waals surface area contributed by atoms with Crippen LogP contribution in [0.15, 0.2) is 28.2 Å². The van der Waals surface area contributed by atoms with Crippen LogP contribution in [0.25, 0.3) is 10.9 Å². The van der Waals surface area contributed by atoms with Crippen molar-refractivity contribution in [3.8, 4) is 0 Å². The molecule has 3 rings (SSSR count). The van der Waals surface area contributed by atoms with Crippen LogP contribution in [0.1, 0.15) is 46.0 Å². The van der Waals surface area contributed by atoms with Crippen LogP contribution in [0.4, 0.5) is 0 Å². The number of fused-ring (bicyclic) bond motifs is 1. The van der Waals surface area contributed by atoms with Gasteiger partial charge in [-0.1, -0.05) is 29.8 Å². The second kappa shape index (κ2) is 9.22. The van der Waals surface area contributed by atoms with Crippen LogP contribution in [-0.4, -0.2) is 33.3 Å². The Hall–Kier alpha value is -1.37. The van der Waals surface area contributed by atoms with E-state index in [2.05, 4.69) is 4.98 Å². The summed E-state index contributed by atoms with van der Waals surface area (Å²) in [5.74, 6) is 0.251. The van der Waals surface area contributed by atoms with Crippen molar-refractivity contribution in [2.24, 2.45) is 0 Å². The van der Waals surface area contributed by atoms with Crippen molar-refractivity contribution in [3.05, 3.63) is 33.6 Å². The van der Waals surface area contributed by atoms with Crippen LogP contribution in [0.3, 0.4) is 0 Å². The molecule has 27 heavy (non-hydrogen) atoms. The van der Waals surface area contributed by atoms with E-state index in [4.69, 9.17) is 16.3 Å². The van der Waals surface area contributed by atoms with E-state index in [9.17, 15) is 9.59 Å². The van der Waals surface area contributed by atoms with Gasteiger partial charge in [-0.3, -0.25) is 14.2 Å². The fourth-order valence-electron chi connectivity index (χ4n) is 3.21. The van der Waals surface area contributed by atoms with Crippen LogP contribution in [0.2, 0.25) is 5.02 Å². The highest BCUT2D eigenvalue weighted by Gasteiger charge is 2.25. The van der Waals surface area contributed by atoms with Gasteiger partial charge in [0.05, 0.1) is 22.3 Å². The molecule has 0 bridgehead atoms. The Morgan fingerprint density at radius 1 is 1.33 bits per heavy atom. The minimum Gasteiger partial charge on any atom is -0.379 e. The number of ketones is 1. The summed E-state index contributed by atoms with van der Waals surface area (Å²) in [6, 6.07) is 5.13. The summed E-state index contributed by atoms with van der Waals surface area (Å²) in [5.41, 5.74) is 0.486. The molecular weight excluding hydrogens is 384 g/mol. The summed E-state index contributed by atoms with van der Waals surface area (Å²) in [4.78, 5) is 30.0. The van der Waals surface area contributed by atoms with Crippen LogP contribution in [0, 0.1) is 0 Å². The van der Waals surface area contributed by atoms with Gasteiger partial charge in [0.15, 0.2) is 5.16 Å². The average Bonchev–Trinajstić information content (AvgIpc) is 2.62. The molecule has 1 aromatic heterocycles. The van der Waals surface area contributed by atoms with Gasteiger partial charge in [-0.05, 0) is 51.3 Å². The maximum absolute atomic E-state index is 13.1. The summed E-state index contributed by atoms with van der Waals surface area (Å²) in [5, 5.41) is 1.56. The predicted molar refractivity (Wildman–Crippen MR) is 110 cm³/mol. The van der Waals surface area contributed by atoms with E-state index in [1.807, 2.05) is 13.8 Å². The summed E-state index contributed by atoms with van der Waals surface area (Å²) in [7, 11) is 0. The van der Waals surface area contributed by atoms with Gasteiger partial charge in [0.25, 0.3) is 5.56 Å². The summed E-state index contributed by atoms with van der Waals surface area (Å²) in [6.07, 6.45) is 4.32. The van der Waals surface area contributed by atoms with Crippen LogP contribution >= 0.6 is 23.4 Å². The first kappa shape index (κ1) is 20.4. The molecule has 1 unspecified atom stereocenters. The largest absolute Gasteiger partial charge is 0.379 e. The molecule has 0 spiro atoms. The first-order valence-electron chi connectivity index (χ1n) is 9.47. The molecule has 0 saturated heterocycles. The molecule has 1 heterocycles. The second-order valence-corrected chi connectivity index (χ2v) is 8.71. The van der Waals surface area contributed by atoms with E-state index in [-0.39, 0.29) is 22.7 Å². The lowest BCUT2D eigenvalue weighted by molar-refractivity contribution is -0.119. The van der Waals surface area contributed by atoms with Crippen LogP contribution in [-0.2, 0) is 16.1 Å². The summed E-state index contributed by atoms with van der Waals surface area (Å²) in [6.45, 7) is 5.07. The molecule has 0 aliphatic heterocycles. The third kappa shape index (κ3) is 5.12. The van der Waals surface area contributed by atoms with Gasteiger partial charge in [0.1, 0.15) is 5.78 Å². The predicted octanol–water partition coefficient (Wildman–Crippen LogP) is 4.47. The van der Waals surface area contributed by atoms with Crippen molar-refractivity contribution in [1.82, 2.24) is 9.55 Å². The zero-order valence-corrected chi connectivity index (χ0v) is 17.3. The molecule has 2 aromatic rings. The standard InChI is InChI=1S/C20H25ClN2O3S/c1-13(2)26-11-5-10-23-19(25)15-9-8-14(21)12-16(15)22-20(23)27-18-7-4-3-6-17(18)24/h8-9,12-13,18H,3-7,10-11H2,1-2H3. The maximum Gasteiger partial charge on any atom is 0.262 e. The molecule has 0 N–H and O–H groups in total. The number of Topliss-reactive ketones (excluding diaryl/α,β-unsaturated/α-hetero) is 1. The number of rotatable bonds is 7. The lowest BCUT2D eigenvalue weighted by Crippen LogP contribution is -2.27. The molecule has 0 radical (unpaired) electrons. The average molecular weight is 409 g/mol. The number of ether oxygens (including phenoxy) is 1. The Morgan fingerprint density at radius 3 is 2.89 bits per heavy atom. The quantitative estimate of drug-likeness (QED) is 0.499. The minimum absolute atomic E-state index is 0.0908. The van der Waals surface area contributed by atoms with Crippen molar-refractivity contribution >= 4 is 40.0 Å². The van der Waals surface area contributed by atoms with Crippen LogP contribution in [0.5, 0.6) is 0 Å². The third-order valence-corrected chi connectivity index (χ3v) is 6.15. The Labute approximate surface area is 168 Å². The fraction of sp³-hybridized carbons (Fsp3) is 0.550. The third-order valence-electron chi connectivity index (χ3n) is 4.61. The SMILES string of the molecule is CC(C)OCCCn1c(SC2CCCCC2=O)nc2cc(Cl)ccc2c1=O. The highest BCUT2D eigenvalue weighted by Crippen LogP contribution is 2.31. The monoisotopic (exact) mass is 408 g/mol. The molecule has 146 valence electrons. The van der Waals surface area contributed by atoms with Crippen molar-refractivity contribution < 1.29 is 9.53 Å². The van der Waals surface area contributed by atoms with Gasteiger partial charge in [0, 0.05) is 24.6 Å². The lowest BCUT2D eigenvalue weighted by Gasteiger charge is -2.21. The number of aromatic nitrogens is 2. The molecule has 1 aromatic carbocycles. The molecule has 1 fully saturated rings. The minimum atomic E-state index is -0.125. The first-order chi connectivity index (χ1) is 13.0. The molecule has 0 amide bonds. The van der Waals surface area contributed by atoms with Crippen molar-refractivity contribution in [2.45, 2.75) is 69.0 Å². The van der Waals surface area contributed by atoms with Gasteiger partial charge in [-0.2, -0.15) is 0 Å². The molecule has 7 heteroatoms. The molecular formula is C20H25ClN2O3S. The van der Waals surface area contributed by atoms with E-state index < -0.39 is 0 Å². The van der Waals surface area contributed by atoms with Gasteiger partial charge >= 0.3 is 0 Å². The lowest BCUT2D eigenvalue weighted by atomic mass is 9.99. The van der Waals surface area contributed by atoms with E-state index >= 15 is 0 Å². The fourth-order valence-corrected chi connectivity index (χ4v) is 4.61. The Morgan fingerprint density at radius 2 is 2.15 bits per heavy atom. The maximum atomic E-state index is 13.1. The van der Waals surface area contributed by atoms with Crippen molar-refractivity contribution in [3.63, 3.8) is 0 Å². The summed E-state index contributed by atoms with van der Waals surface area (Å²) >= 11 is 7.50. The number of thioether (sulfide) groups is 1. The summed E-state index contributed by atoms with van der Waals surface area (Å²) < 4.78 is 7.29. The normalized spacial score (nSPS) is 17.8. The topological polar surface area (TPSA) is 61.2 Å². The van der Waals surface area contributed by atoms with E-state index in [1.165, 1.54) is 11.8 Å². The number of halogens is 1. The number of carbonyl (C=O) groups is 1. The van der Waals surface area contributed by atoms with Crippen molar-refractivity contribution in [1.29, 1.82) is 0 Å². The molecule has 1 saturated carbocycles. The van der Waals surface area contributed by atoms with Gasteiger partial charge < -0.3 is 4.74 Å². The Bertz CT molecular complexity index is 881. The molecule has 5 nitrogen and oxygen atoms in total. The number of carbonyl (C=O) groups excluding carboxylic acids is 1. The van der Waals surface area contributed by atoms with Crippen molar-refractivity contribution in [2.75, 3.05) is 6.61 Å². The molecule has 1 aliphatic carbocycles. The van der Waals surface area contributed by atoms with E-state index in [0.29, 0.717) is 47.1 Å². The first-order valence-corrected chi connectivity index (χ1v) is 10.7. The highest BCUT2D eigenvalue weighted by molar-refractivity contribution is 8.00. The van der Waals surface area contributed by atoms with Gasteiger partial charge in [-0.15, -0.1) is 0 Å². The molecule has 1 atom stereocenters. The molecule has 1 aliphatic rings. The van der Waals surface area contributed by atoms with Crippen LogP contribution < -0.4 is 5.56 Å². The number of hydrogen-bond donors (Lipinski definition) is 0. The smallest absolute Gasteiger partial charge is 0.262 e. The number of benzene rings is 1. The Balaban J connectivity index is 1.93. The van der Waals surface area contributed by atoms with E-state index in [0.717, 1.165) is 19.3 Å². The zero-order chi connectivity index (χ0) is 19.4. The second-order valence-electron chi connectivity index (χ2n) is 7.10. The highest BCUT2D eigenvalue weighted by atomic mass is 35.5. The van der Waals surface area contributed by atoms with Gasteiger partial charge in [-0.25, -0.2) is 4.98 Å². The number of nitrogens with zero attached hydrogens (tertiary/aromatic N) is 2. The Kier molecular flexibility index (Phi) is 6.95. The zero-order valence-electron chi connectivity index (χ0n) is 15.7.